The Balaban J connectivity index is 2.02. The fraction of sp³-hybridized carbons (Fsp3) is 0.600. The summed E-state index contributed by atoms with van der Waals surface area (Å²) in [5, 5.41) is 5.31. The van der Waals surface area contributed by atoms with Crippen molar-refractivity contribution in [1.29, 1.82) is 0 Å². The molecule has 3 rings (SSSR count). The molecule has 21 heavy (non-hydrogen) atoms. The van der Waals surface area contributed by atoms with Crippen molar-refractivity contribution in [2.45, 2.75) is 39.7 Å². The van der Waals surface area contributed by atoms with Gasteiger partial charge in [-0.2, -0.15) is 5.10 Å². The number of carbonyl (C=O) groups excluding carboxylic acids is 1. The molecule has 0 spiro atoms. The number of amides is 1. The number of hydrogen-bond donors (Lipinski definition) is 1. The van der Waals surface area contributed by atoms with E-state index in [-0.39, 0.29) is 11.9 Å². The number of nitrogen functional groups attached to an aromatic ring is 1. The van der Waals surface area contributed by atoms with Crippen LogP contribution in [0.4, 0.5) is 5.69 Å². The van der Waals surface area contributed by atoms with Crippen LogP contribution in [0.3, 0.4) is 0 Å². The summed E-state index contributed by atoms with van der Waals surface area (Å²) in [6, 6.07) is 0.273. The lowest BCUT2D eigenvalue weighted by Gasteiger charge is -2.37. The van der Waals surface area contributed by atoms with E-state index in [1.807, 2.05) is 23.6 Å². The summed E-state index contributed by atoms with van der Waals surface area (Å²) in [5.74, 6) is 0.619. The van der Waals surface area contributed by atoms with Crippen LogP contribution >= 0.6 is 11.3 Å². The number of aromatic nitrogens is 2. The van der Waals surface area contributed by atoms with Gasteiger partial charge in [-0.25, -0.2) is 0 Å². The Hall–Kier alpha value is -1.56. The number of likely N-dealkylation sites (tertiary alicyclic amines) is 1. The highest BCUT2D eigenvalue weighted by Crippen LogP contribution is 2.37. The Labute approximate surface area is 128 Å². The molecule has 0 saturated carbocycles. The Morgan fingerprint density at radius 3 is 2.81 bits per heavy atom. The second-order valence-corrected chi connectivity index (χ2v) is 7.09. The number of nitrogens with zero attached hydrogens (tertiary/aromatic N) is 3. The summed E-state index contributed by atoms with van der Waals surface area (Å²) in [4.78, 5) is 16.5. The Morgan fingerprint density at radius 2 is 2.14 bits per heavy atom. The number of aryl methyl sites for hydroxylation is 2. The molecule has 0 radical (unpaired) electrons. The van der Waals surface area contributed by atoms with Crippen molar-refractivity contribution in [2.24, 2.45) is 13.0 Å². The van der Waals surface area contributed by atoms with Crippen molar-refractivity contribution in [3.63, 3.8) is 0 Å². The van der Waals surface area contributed by atoms with Gasteiger partial charge in [0, 0.05) is 19.6 Å². The van der Waals surface area contributed by atoms with E-state index < -0.39 is 0 Å². The quantitative estimate of drug-likeness (QED) is 0.881. The summed E-state index contributed by atoms with van der Waals surface area (Å²) in [6.45, 7) is 7.12. The van der Waals surface area contributed by atoms with E-state index in [0.717, 1.165) is 28.9 Å². The summed E-state index contributed by atoms with van der Waals surface area (Å²) >= 11 is 1.46. The number of nitrogens with two attached hydrogens (primary N) is 1. The highest BCUT2D eigenvalue weighted by molar-refractivity contribution is 7.21. The minimum Gasteiger partial charge on any atom is -0.397 e. The highest BCUT2D eigenvalue weighted by atomic mass is 32.1. The van der Waals surface area contributed by atoms with Crippen LogP contribution in [0.2, 0.25) is 0 Å². The molecule has 1 saturated heterocycles. The minimum absolute atomic E-state index is 0.0761. The number of thiophene rings is 1. The molecule has 6 heteroatoms. The Morgan fingerprint density at radius 1 is 1.43 bits per heavy atom. The molecule has 0 aromatic carbocycles. The Kier molecular flexibility index (Phi) is 3.43. The lowest BCUT2D eigenvalue weighted by Crippen LogP contribution is -2.45. The standard InChI is InChI=1S/C15H22N4OS/c1-8-6-5-7-19(10(8)3)14(20)13-12(16)11-9(2)17-18(4)15(11)21-13/h8,10H,5-7,16H2,1-4H3. The second kappa shape index (κ2) is 5.02. The zero-order valence-corrected chi connectivity index (χ0v) is 13.8. The van der Waals surface area contributed by atoms with Gasteiger partial charge in [0.1, 0.15) is 9.71 Å². The van der Waals surface area contributed by atoms with Gasteiger partial charge >= 0.3 is 0 Å². The molecule has 5 nitrogen and oxygen atoms in total. The number of fused-ring (bicyclic) bond motifs is 1. The van der Waals surface area contributed by atoms with Gasteiger partial charge < -0.3 is 10.6 Å². The first kappa shape index (κ1) is 14.4. The third-order valence-corrected chi connectivity index (χ3v) is 5.97. The van der Waals surface area contributed by atoms with Crippen LogP contribution in [-0.2, 0) is 7.05 Å². The van der Waals surface area contributed by atoms with Crippen LogP contribution in [0, 0.1) is 12.8 Å². The highest BCUT2D eigenvalue weighted by Gasteiger charge is 2.32. The van der Waals surface area contributed by atoms with E-state index >= 15 is 0 Å². The second-order valence-electron chi connectivity index (χ2n) is 6.09. The molecule has 0 bridgehead atoms. The SMILES string of the molecule is Cc1nn(C)c2sc(C(=O)N3CCCC(C)C3C)c(N)c12. The largest absolute Gasteiger partial charge is 0.397 e. The van der Waals surface area contributed by atoms with Gasteiger partial charge in [0.15, 0.2) is 0 Å². The van der Waals surface area contributed by atoms with Crippen molar-refractivity contribution in [1.82, 2.24) is 14.7 Å². The number of anilines is 1. The molecule has 114 valence electrons. The predicted molar refractivity (Wildman–Crippen MR) is 86.6 cm³/mol. The summed E-state index contributed by atoms with van der Waals surface area (Å²) in [7, 11) is 1.89. The van der Waals surface area contributed by atoms with Crippen molar-refractivity contribution in [3.05, 3.63) is 10.6 Å². The zero-order valence-electron chi connectivity index (χ0n) is 13.0. The van der Waals surface area contributed by atoms with Crippen molar-refractivity contribution >= 4 is 33.1 Å². The maximum Gasteiger partial charge on any atom is 0.266 e. The molecular weight excluding hydrogens is 284 g/mol. The lowest BCUT2D eigenvalue weighted by atomic mass is 9.92. The van der Waals surface area contributed by atoms with Crippen LogP contribution in [0.15, 0.2) is 0 Å². The molecule has 1 amide bonds. The topological polar surface area (TPSA) is 64.2 Å². The van der Waals surface area contributed by atoms with Gasteiger partial charge in [-0.1, -0.05) is 6.92 Å². The molecule has 0 aliphatic carbocycles. The average Bonchev–Trinajstić information content (AvgIpc) is 2.92. The molecule has 2 aromatic rings. The molecule has 1 fully saturated rings. The molecule has 3 heterocycles. The summed E-state index contributed by atoms with van der Waals surface area (Å²) in [5.41, 5.74) is 7.73. The van der Waals surface area contributed by atoms with Crippen molar-refractivity contribution < 1.29 is 4.79 Å². The molecule has 1 aliphatic heterocycles. The predicted octanol–water partition coefficient (Wildman–Crippen LogP) is 2.79. The molecule has 2 atom stereocenters. The van der Waals surface area contributed by atoms with Gasteiger partial charge in [0.25, 0.3) is 5.91 Å². The first-order chi connectivity index (χ1) is 9.91. The van der Waals surface area contributed by atoms with E-state index in [1.165, 1.54) is 17.8 Å². The molecular formula is C15H22N4OS. The molecule has 2 N–H and O–H groups in total. The normalized spacial score (nSPS) is 23.0. The van der Waals surface area contributed by atoms with E-state index in [1.54, 1.807) is 0 Å². The van der Waals surface area contributed by atoms with Crippen LogP contribution in [0.5, 0.6) is 0 Å². The van der Waals surface area contributed by atoms with Crippen molar-refractivity contribution in [2.75, 3.05) is 12.3 Å². The fourth-order valence-corrected chi connectivity index (χ4v) is 4.38. The third-order valence-electron chi connectivity index (χ3n) is 4.71. The summed E-state index contributed by atoms with van der Waals surface area (Å²) < 4.78 is 1.81. The van der Waals surface area contributed by atoms with Crippen LogP contribution < -0.4 is 5.73 Å². The van der Waals surface area contributed by atoms with E-state index in [9.17, 15) is 4.79 Å². The third kappa shape index (κ3) is 2.12. The first-order valence-electron chi connectivity index (χ1n) is 7.44. The van der Waals surface area contributed by atoms with Gasteiger partial charge in [0.2, 0.25) is 0 Å². The van der Waals surface area contributed by atoms with Gasteiger partial charge in [-0.3, -0.25) is 9.48 Å². The van der Waals surface area contributed by atoms with E-state index in [0.29, 0.717) is 16.5 Å². The maximum atomic E-state index is 12.9. The van der Waals surface area contributed by atoms with E-state index in [2.05, 4.69) is 18.9 Å². The van der Waals surface area contributed by atoms with Gasteiger partial charge in [-0.05, 0) is 32.6 Å². The van der Waals surface area contributed by atoms with Crippen LogP contribution in [-0.4, -0.2) is 33.2 Å². The first-order valence-corrected chi connectivity index (χ1v) is 8.26. The lowest BCUT2D eigenvalue weighted by molar-refractivity contribution is 0.0557. The zero-order chi connectivity index (χ0) is 15.3. The minimum atomic E-state index is 0.0761. The Bertz CT molecular complexity index is 702. The fourth-order valence-electron chi connectivity index (χ4n) is 3.24. The average molecular weight is 306 g/mol. The molecule has 2 unspecified atom stereocenters. The van der Waals surface area contributed by atoms with Gasteiger partial charge in [0.05, 0.1) is 16.8 Å². The molecule has 2 aromatic heterocycles. The van der Waals surface area contributed by atoms with Gasteiger partial charge in [-0.15, -0.1) is 11.3 Å². The number of piperidine rings is 1. The van der Waals surface area contributed by atoms with Crippen molar-refractivity contribution in [3.8, 4) is 0 Å². The number of hydrogen-bond acceptors (Lipinski definition) is 4. The number of carbonyl (C=O) groups is 1. The molecule has 1 aliphatic rings. The smallest absolute Gasteiger partial charge is 0.266 e. The van der Waals surface area contributed by atoms with Crippen LogP contribution in [0.1, 0.15) is 42.1 Å². The van der Waals surface area contributed by atoms with Crippen LogP contribution in [0.25, 0.3) is 10.2 Å². The maximum absolute atomic E-state index is 12.9. The monoisotopic (exact) mass is 306 g/mol. The summed E-state index contributed by atoms with van der Waals surface area (Å²) in [6.07, 6.45) is 2.26. The number of rotatable bonds is 1. The van der Waals surface area contributed by atoms with E-state index in [4.69, 9.17) is 5.73 Å².